The lowest BCUT2D eigenvalue weighted by Gasteiger charge is -2.18. The number of nitrogens with zero attached hydrogens (tertiary/aromatic N) is 2. The van der Waals surface area contributed by atoms with Crippen LogP contribution >= 0.6 is 24.0 Å². The Balaban J connectivity index is 0.00000231. The van der Waals surface area contributed by atoms with Crippen molar-refractivity contribution in [3.63, 3.8) is 0 Å². The quantitative estimate of drug-likeness (QED) is 0.386. The molecule has 2 aromatic carbocycles. The predicted octanol–water partition coefficient (Wildman–Crippen LogP) is 6.17. The molecule has 0 saturated heterocycles. The Labute approximate surface area is 194 Å². The lowest BCUT2D eigenvalue weighted by Crippen LogP contribution is -2.23. The SMILES string of the molecule is CCc1cccc(CC)c1-n1nc2c(c1-c1cc(Cl)c(C)c3[nH]ccc13)CNCC2.Cl. The van der Waals surface area contributed by atoms with Gasteiger partial charge in [0, 0.05) is 47.2 Å². The van der Waals surface area contributed by atoms with Crippen molar-refractivity contribution in [2.75, 3.05) is 6.54 Å². The molecule has 0 spiro atoms. The molecule has 4 aromatic rings. The molecule has 3 heterocycles. The van der Waals surface area contributed by atoms with Gasteiger partial charge in [-0.1, -0.05) is 43.6 Å². The molecule has 0 saturated carbocycles. The second-order valence-corrected chi connectivity index (χ2v) is 8.45. The van der Waals surface area contributed by atoms with Crippen LogP contribution in [0.5, 0.6) is 0 Å². The third kappa shape index (κ3) is 3.47. The number of para-hydroxylation sites is 1. The molecule has 1 aliphatic rings. The Morgan fingerprint density at radius 2 is 1.87 bits per heavy atom. The molecule has 0 amide bonds. The molecule has 5 rings (SSSR count). The number of benzene rings is 2. The third-order valence-electron chi connectivity index (χ3n) is 6.38. The van der Waals surface area contributed by atoms with E-state index in [9.17, 15) is 0 Å². The maximum Gasteiger partial charge on any atom is 0.0796 e. The molecule has 1 aliphatic heterocycles. The number of aromatic nitrogens is 3. The lowest BCUT2D eigenvalue weighted by atomic mass is 9.97. The van der Waals surface area contributed by atoms with E-state index in [1.165, 1.54) is 39.2 Å². The zero-order valence-electron chi connectivity index (χ0n) is 18.2. The van der Waals surface area contributed by atoms with Crippen LogP contribution in [0.1, 0.15) is 41.8 Å². The zero-order valence-corrected chi connectivity index (χ0v) is 19.8. The third-order valence-corrected chi connectivity index (χ3v) is 6.77. The first-order chi connectivity index (χ1) is 14.6. The van der Waals surface area contributed by atoms with Gasteiger partial charge < -0.3 is 10.3 Å². The van der Waals surface area contributed by atoms with Crippen molar-refractivity contribution >= 4 is 34.9 Å². The van der Waals surface area contributed by atoms with Gasteiger partial charge in [0.2, 0.25) is 0 Å². The highest BCUT2D eigenvalue weighted by Crippen LogP contribution is 2.40. The van der Waals surface area contributed by atoms with Gasteiger partial charge in [0.15, 0.2) is 0 Å². The van der Waals surface area contributed by atoms with E-state index in [1.54, 1.807) is 0 Å². The van der Waals surface area contributed by atoms with E-state index >= 15 is 0 Å². The Bertz CT molecular complexity index is 1230. The van der Waals surface area contributed by atoms with Gasteiger partial charge in [-0.2, -0.15) is 5.10 Å². The second-order valence-electron chi connectivity index (χ2n) is 8.04. The van der Waals surface area contributed by atoms with Crippen molar-refractivity contribution in [2.45, 2.75) is 46.6 Å². The molecule has 0 radical (unpaired) electrons. The van der Waals surface area contributed by atoms with Crippen molar-refractivity contribution in [3.8, 4) is 16.9 Å². The largest absolute Gasteiger partial charge is 0.361 e. The lowest BCUT2D eigenvalue weighted by molar-refractivity contribution is 0.635. The van der Waals surface area contributed by atoms with E-state index < -0.39 is 0 Å². The second kappa shape index (κ2) is 8.70. The first-order valence-electron chi connectivity index (χ1n) is 10.8. The summed E-state index contributed by atoms with van der Waals surface area (Å²) in [7, 11) is 0. The molecule has 162 valence electrons. The van der Waals surface area contributed by atoms with Crippen LogP contribution in [-0.2, 0) is 25.8 Å². The van der Waals surface area contributed by atoms with Gasteiger partial charge in [-0.15, -0.1) is 12.4 Å². The molecule has 2 N–H and O–H groups in total. The van der Waals surface area contributed by atoms with Crippen molar-refractivity contribution in [1.29, 1.82) is 0 Å². The van der Waals surface area contributed by atoms with E-state index in [1.807, 2.05) is 6.20 Å². The molecular weight excluding hydrogens is 427 g/mol. The van der Waals surface area contributed by atoms with Crippen LogP contribution in [0, 0.1) is 6.92 Å². The summed E-state index contributed by atoms with van der Waals surface area (Å²) in [6, 6.07) is 10.9. The van der Waals surface area contributed by atoms with Gasteiger partial charge in [-0.05, 0) is 48.6 Å². The Morgan fingerprint density at radius 1 is 1.13 bits per heavy atom. The van der Waals surface area contributed by atoms with E-state index in [2.05, 4.69) is 66.1 Å². The minimum atomic E-state index is 0. The van der Waals surface area contributed by atoms with Crippen LogP contribution in [-0.4, -0.2) is 21.3 Å². The Morgan fingerprint density at radius 3 is 2.58 bits per heavy atom. The summed E-state index contributed by atoms with van der Waals surface area (Å²) in [4.78, 5) is 3.39. The van der Waals surface area contributed by atoms with E-state index in [0.717, 1.165) is 54.0 Å². The fourth-order valence-electron chi connectivity index (χ4n) is 4.76. The summed E-state index contributed by atoms with van der Waals surface area (Å²) < 4.78 is 2.21. The van der Waals surface area contributed by atoms with Gasteiger partial charge in [-0.3, -0.25) is 0 Å². The Kier molecular flexibility index (Phi) is 6.16. The van der Waals surface area contributed by atoms with Crippen LogP contribution in [0.4, 0.5) is 0 Å². The molecular formula is C25H28Cl2N4. The van der Waals surface area contributed by atoms with E-state index in [-0.39, 0.29) is 12.4 Å². The fraction of sp³-hybridized carbons (Fsp3) is 0.320. The monoisotopic (exact) mass is 454 g/mol. The van der Waals surface area contributed by atoms with Crippen LogP contribution < -0.4 is 5.32 Å². The van der Waals surface area contributed by atoms with Gasteiger partial charge in [0.25, 0.3) is 0 Å². The van der Waals surface area contributed by atoms with Crippen LogP contribution in [0.2, 0.25) is 5.02 Å². The predicted molar refractivity (Wildman–Crippen MR) is 132 cm³/mol. The highest BCUT2D eigenvalue weighted by atomic mass is 35.5. The van der Waals surface area contributed by atoms with Crippen LogP contribution in [0.25, 0.3) is 27.8 Å². The van der Waals surface area contributed by atoms with Crippen molar-refractivity contribution in [3.05, 3.63) is 69.5 Å². The molecule has 0 fully saturated rings. The highest BCUT2D eigenvalue weighted by Gasteiger charge is 2.26. The smallest absolute Gasteiger partial charge is 0.0796 e. The van der Waals surface area contributed by atoms with Crippen molar-refractivity contribution < 1.29 is 0 Å². The molecule has 6 heteroatoms. The van der Waals surface area contributed by atoms with Crippen molar-refractivity contribution in [1.82, 2.24) is 20.1 Å². The fourth-order valence-corrected chi connectivity index (χ4v) is 4.96. The van der Waals surface area contributed by atoms with Crippen molar-refractivity contribution in [2.24, 2.45) is 0 Å². The molecule has 0 atom stereocenters. The number of halogens is 2. The Hall–Kier alpha value is -2.27. The van der Waals surface area contributed by atoms with Crippen LogP contribution in [0.3, 0.4) is 0 Å². The average molecular weight is 455 g/mol. The number of rotatable bonds is 4. The normalized spacial score (nSPS) is 13.3. The number of aromatic amines is 1. The van der Waals surface area contributed by atoms with Gasteiger partial charge in [0.05, 0.1) is 22.6 Å². The molecule has 31 heavy (non-hydrogen) atoms. The molecule has 2 aromatic heterocycles. The minimum Gasteiger partial charge on any atom is -0.361 e. The molecule has 4 nitrogen and oxygen atoms in total. The standard InChI is InChI=1S/C25H27ClN4.ClH/c1-4-16-7-6-8-17(5-2)24(16)30-25(20-14-27-11-10-22(20)29-30)19-13-21(26)15(3)23-18(19)9-12-28-23;/h6-9,12-13,27-28H,4-5,10-11,14H2,1-3H3;1H. The zero-order chi connectivity index (χ0) is 20.8. The average Bonchev–Trinajstić information content (AvgIpc) is 3.41. The van der Waals surface area contributed by atoms with Crippen LogP contribution in [0.15, 0.2) is 36.5 Å². The maximum atomic E-state index is 6.70. The number of aryl methyl sites for hydroxylation is 3. The summed E-state index contributed by atoms with van der Waals surface area (Å²) in [6.45, 7) is 8.30. The summed E-state index contributed by atoms with van der Waals surface area (Å²) in [6.07, 6.45) is 4.89. The summed E-state index contributed by atoms with van der Waals surface area (Å²) in [5.41, 5.74) is 10.9. The molecule has 0 aliphatic carbocycles. The summed E-state index contributed by atoms with van der Waals surface area (Å²) >= 11 is 6.70. The number of fused-ring (bicyclic) bond motifs is 2. The molecule has 0 bridgehead atoms. The van der Waals surface area contributed by atoms with Gasteiger partial charge >= 0.3 is 0 Å². The summed E-state index contributed by atoms with van der Waals surface area (Å²) in [5.74, 6) is 0. The van der Waals surface area contributed by atoms with Gasteiger partial charge in [-0.25, -0.2) is 4.68 Å². The number of hydrogen-bond donors (Lipinski definition) is 2. The molecule has 0 unspecified atom stereocenters. The topological polar surface area (TPSA) is 45.6 Å². The minimum absolute atomic E-state index is 0. The highest BCUT2D eigenvalue weighted by molar-refractivity contribution is 6.33. The van der Waals surface area contributed by atoms with E-state index in [4.69, 9.17) is 16.7 Å². The number of H-pyrrole nitrogens is 1. The number of hydrogen-bond acceptors (Lipinski definition) is 2. The van der Waals surface area contributed by atoms with E-state index in [0.29, 0.717) is 0 Å². The first kappa shape index (κ1) is 21.9. The maximum absolute atomic E-state index is 6.70. The number of nitrogens with one attached hydrogen (secondary N) is 2. The van der Waals surface area contributed by atoms with Gasteiger partial charge in [0.1, 0.15) is 0 Å². The summed E-state index contributed by atoms with van der Waals surface area (Å²) in [5, 5.41) is 10.7. The first-order valence-corrected chi connectivity index (χ1v) is 11.2.